The fraction of sp³-hybridized carbons (Fsp3) is 0.412. The summed E-state index contributed by atoms with van der Waals surface area (Å²) < 4.78 is 0. The lowest BCUT2D eigenvalue weighted by Crippen LogP contribution is -2.44. The summed E-state index contributed by atoms with van der Waals surface area (Å²) in [4.78, 5) is 4.72. The normalized spacial score (nSPS) is 23.1. The van der Waals surface area contributed by atoms with Crippen molar-refractivity contribution in [1.82, 2.24) is 9.80 Å². The maximum Gasteiger partial charge on any atom is 0.0365 e. The highest BCUT2D eigenvalue weighted by molar-refractivity contribution is 5.41. The first kappa shape index (κ1) is 13.7. The zero-order chi connectivity index (χ0) is 13.8. The average Bonchev–Trinajstić information content (AvgIpc) is 2.62. The van der Waals surface area contributed by atoms with Crippen LogP contribution in [-0.4, -0.2) is 36.0 Å². The Morgan fingerprint density at radius 3 is 2.37 bits per heavy atom. The third-order valence-electron chi connectivity index (χ3n) is 3.78. The molecule has 1 heterocycles. The van der Waals surface area contributed by atoms with Gasteiger partial charge in [-0.3, -0.25) is 0 Å². The van der Waals surface area contributed by atoms with Gasteiger partial charge in [0.05, 0.1) is 0 Å². The van der Waals surface area contributed by atoms with Crippen LogP contribution in [0.15, 0.2) is 60.5 Å². The second kappa shape index (κ2) is 5.96. The molecule has 0 N–H and O–H groups in total. The van der Waals surface area contributed by atoms with Crippen LogP contribution in [0, 0.1) is 5.92 Å². The summed E-state index contributed by atoms with van der Waals surface area (Å²) in [6.45, 7) is 16.7. The third kappa shape index (κ3) is 3.40. The molecule has 2 aliphatic rings. The molecule has 102 valence electrons. The molecule has 0 bridgehead atoms. The molecule has 0 saturated carbocycles. The monoisotopic (exact) mass is 256 g/mol. The highest BCUT2D eigenvalue weighted by atomic mass is 15.3. The van der Waals surface area contributed by atoms with E-state index in [1.54, 1.807) is 0 Å². The van der Waals surface area contributed by atoms with Crippen LogP contribution in [0.25, 0.3) is 0 Å². The first-order valence-electron chi connectivity index (χ1n) is 6.99. The van der Waals surface area contributed by atoms with E-state index in [9.17, 15) is 0 Å². The van der Waals surface area contributed by atoms with Crippen molar-refractivity contribution in [3.63, 3.8) is 0 Å². The van der Waals surface area contributed by atoms with E-state index in [1.165, 1.54) is 5.57 Å². The van der Waals surface area contributed by atoms with E-state index in [4.69, 9.17) is 0 Å². The smallest absolute Gasteiger partial charge is 0.0365 e. The zero-order valence-corrected chi connectivity index (χ0v) is 12.1. The lowest BCUT2D eigenvalue weighted by molar-refractivity contribution is 0.196. The second-order valence-corrected chi connectivity index (χ2v) is 5.38. The number of allylic oxidation sites excluding steroid dienone is 6. The Hall–Kier alpha value is -1.70. The molecule has 2 rings (SSSR count). The van der Waals surface area contributed by atoms with Crippen molar-refractivity contribution in [1.29, 1.82) is 0 Å². The second-order valence-electron chi connectivity index (χ2n) is 5.38. The minimum Gasteiger partial charge on any atom is -0.372 e. The topological polar surface area (TPSA) is 6.48 Å². The summed E-state index contributed by atoms with van der Waals surface area (Å²) in [5.74, 6) is 0.471. The molecule has 0 aromatic carbocycles. The van der Waals surface area contributed by atoms with E-state index in [0.29, 0.717) is 5.92 Å². The number of piperazine rings is 1. The Morgan fingerprint density at radius 1 is 1.11 bits per heavy atom. The maximum absolute atomic E-state index is 4.29. The molecule has 0 amide bonds. The van der Waals surface area contributed by atoms with E-state index in [1.807, 2.05) is 0 Å². The Morgan fingerprint density at radius 2 is 1.74 bits per heavy atom. The first-order valence-corrected chi connectivity index (χ1v) is 6.99. The summed E-state index contributed by atoms with van der Waals surface area (Å²) in [7, 11) is 0. The van der Waals surface area contributed by atoms with E-state index >= 15 is 0 Å². The Labute approximate surface area is 117 Å². The molecular weight excluding hydrogens is 232 g/mol. The molecule has 2 heteroatoms. The fourth-order valence-corrected chi connectivity index (χ4v) is 2.53. The largest absolute Gasteiger partial charge is 0.372 e. The van der Waals surface area contributed by atoms with Crippen LogP contribution in [-0.2, 0) is 0 Å². The van der Waals surface area contributed by atoms with Crippen LogP contribution in [0.1, 0.15) is 13.8 Å². The van der Waals surface area contributed by atoms with Gasteiger partial charge in [0.15, 0.2) is 0 Å². The van der Waals surface area contributed by atoms with Crippen LogP contribution in [0.5, 0.6) is 0 Å². The van der Waals surface area contributed by atoms with E-state index in [0.717, 1.165) is 37.6 Å². The van der Waals surface area contributed by atoms with Gasteiger partial charge >= 0.3 is 0 Å². The summed E-state index contributed by atoms with van der Waals surface area (Å²) >= 11 is 0. The van der Waals surface area contributed by atoms with Gasteiger partial charge in [-0.25, -0.2) is 0 Å². The molecule has 0 aromatic rings. The SMILES string of the molecule is C=C(C)N1CCN(C(=C)C2=CC(C)C=CC=C2)CC1. The van der Waals surface area contributed by atoms with Crippen LogP contribution in [0.3, 0.4) is 0 Å². The van der Waals surface area contributed by atoms with Crippen LogP contribution in [0.2, 0.25) is 0 Å². The molecule has 19 heavy (non-hydrogen) atoms. The van der Waals surface area contributed by atoms with Crippen molar-refractivity contribution in [3.05, 3.63) is 60.5 Å². The van der Waals surface area contributed by atoms with Crippen LogP contribution < -0.4 is 0 Å². The number of rotatable bonds is 3. The van der Waals surface area contributed by atoms with E-state index < -0.39 is 0 Å². The molecule has 1 aliphatic carbocycles. The van der Waals surface area contributed by atoms with Gasteiger partial charge in [-0.2, -0.15) is 0 Å². The van der Waals surface area contributed by atoms with Gasteiger partial charge in [0, 0.05) is 37.6 Å². The Kier molecular flexibility index (Phi) is 4.31. The molecule has 0 radical (unpaired) electrons. The van der Waals surface area contributed by atoms with Gasteiger partial charge in [-0.15, -0.1) is 0 Å². The van der Waals surface area contributed by atoms with Gasteiger partial charge in [-0.05, 0) is 18.4 Å². The average molecular weight is 256 g/mol. The molecular formula is C17H24N2. The predicted molar refractivity (Wildman–Crippen MR) is 82.6 cm³/mol. The van der Waals surface area contributed by atoms with E-state index in [-0.39, 0.29) is 0 Å². The summed E-state index contributed by atoms with van der Waals surface area (Å²) in [5, 5.41) is 0. The maximum atomic E-state index is 4.29. The molecule has 1 fully saturated rings. The number of hydrogen-bond donors (Lipinski definition) is 0. The van der Waals surface area contributed by atoms with E-state index in [2.05, 4.69) is 67.2 Å². The minimum atomic E-state index is 0.471. The standard InChI is InChI=1S/C17H24N2/c1-14(2)18-9-11-19(12-10-18)16(4)17-8-6-5-7-15(3)13-17/h5-8,13,15H,1,4,9-12H2,2-3H3. The molecule has 1 aliphatic heterocycles. The lowest BCUT2D eigenvalue weighted by Gasteiger charge is -2.38. The fourth-order valence-electron chi connectivity index (χ4n) is 2.53. The van der Waals surface area contributed by atoms with Crippen molar-refractivity contribution < 1.29 is 0 Å². The third-order valence-corrected chi connectivity index (χ3v) is 3.78. The van der Waals surface area contributed by atoms with Crippen LogP contribution in [0.4, 0.5) is 0 Å². The highest BCUT2D eigenvalue weighted by Gasteiger charge is 2.18. The molecule has 0 aromatic heterocycles. The Balaban J connectivity index is 2.00. The van der Waals surface area contributed by atoms with Crippen molar-refractivity contribution in [2.24, 2.45) is 5.92 Å². The predicted octanol–water partition coefficient (Wildman–Crippen LogP) is 3.34. The minimum absolute atomic E-state index is 0.471. The van der Waals surface area contributed by atoms with Crippen molar-refractivity contribution in [2.45, 2.75) is 13.8 Å². The summed E-state index contributed by atoms with van der Waals surface area (Å²) in [6.07, 6.45) is 10.9. The Bertz CT molecular complexity index is 446. The zero-order valence-electron chi connectivity index (χ0n) is 12.1. The van der Waals surface area contributed by atoms with Gasteiger partial charge in [0.2, 0.25) is 0 Å². The van der Waals surface area contributed by atoms with Crippen molar-refractivity contribution in [3.8, 4) is 0 Å². The highest BCUT2D eigenvalue weighted by Crippen LogP contribution is 2.21. The van der Waals surface area contributed by atoms with Crippen molar-refractivity contribution >= 4 is 0 Å². The van der Waals surface area contributed by atoms with Gasteiger partial charge in [0.25, 0.3) is 0 Å². The molecule has 2 nitrogen and oxygen atoms in total. The number of hydrogen-bond acceptors (Lipinski definition) is 2. The van der Waals surface area contributed by atoms with Gasteiger partial charge in [0.1, 0.15) is 0 Å². The molecule has 1 atom stereocenters. The summed E-state index contributed by atoms with van der Waals surface area (Å²) in [6, 6.07) is 0. The lowest BCUT2D eigenvalue weighted by atomic mass is 10.1. The van der Waals surface area contributed by atoms with Gasteiger partial charge in [-0.1, -0.05) is 50.5 Å². The first-order chi connectivity index (χ1) is 9.08. The quantitative estimate of drug-likeness (QED) is 0.764. The van der Waals surface area contributed by atoms with Crippen molar-refractivity contribution in [2.75, 3.05) is 26.2 Å². The molecule has 0 spiro atoms. The van der Waals surface area contributed by atoms with Crippen LogP contribution >= 0.6 is 0 Å². The molecule has 1 unspecified atom stereocenters. The molecule has 1 saturated heterocycles. The number of nitrogens with zero attached hydrogens (tertiary/aromatic N) is 2. The summed E-state index contributed by atoms with van der Waals surface area (Å²) in [5.41, 5.74) is 3.56. The van der Waals surface area contributed by atoms with Gasteiger partial charge < -0.3 is 9.80 Å².